The van der Waals surface area contributed by atoms with E-state index in [1.54, 1.807) is 0 Å². The van der Waals surface area contributed by atoms with Gasteiger partial charge >= 0.3 is 6.18 Å². The van der Waals surface area contributed by atoms with E-state index in [1.807, 2.05) is 6.92 Å². The average molecular weight is 222 g/mol. The fourth-order valence-corrected chi connectivity index (χ4v) is 2.70. The van der Waals surface area contributed by atoms with Crippen molar-refractivity contribution in [3.8, 4) is 0 Å². The second-order valence-corrected chi connectivity index (χ2v) is 5.22. The molecule has 3 heteroatoms. The average Bonchev–Trinajstić information content (AvgIpc) is 2.08. The summed E-state index contributed by atoms with van der Waals surface area (Å²) in [5.74, 6) is -0.472. The lowest BCUT2D eigenvalue weighted by Crippen LogP contribution is -2.44. The van der Waals surface area contributed by atoms with Crippen LogP contribution in [0.4, 0.5) is 13.2 Å². The normalized spacial score (nSPS) is 33.6. The van der Waals surface area contributed by atoms with Crippen molar-refractivity contribution >= 4 is 0 Å². The maximum absolute atomic E-state index is 12.4. The van der Waals surface area contributed by atoms with E-state index in [0.717, 1.165) is 19.3 Å². The van der Waals surface area contributed by atoms with Crippen molar-refractivity contribution in [2.75, 3.05) is 0 Å². The van der Waals surface area contributed by atoms with Crippen LogP contribution in [0.3, 0.4) is 0 Å². The molecule has 0 amide bonds. The number of halogens is 3. The Morgan fingerprint density at radius 1 is 1.27 bits per heavy atom. The molecule has 1 rings (SSSR count). The Kier molecular flexibility index (Phi) is 3.72. The summed E-state index contributed by atoms with van der Waals surface area (Å²) in [7, 11) is 0. The fourth-order valence-electron chi connectivity index (χ4n) is 2.70. The van der Waals surface area contributed by atoms with E-state index >= 15 is 0 Å². The van der Waals surface area contributed by atoms with Gasteiger partial charge in [-0.05, 0) is 30.6 Å². The molecule has 0 N–H and O–H groups in total. The molecule has 0 aromatic carbocycles. The molecule has 0 spiro atoms. The lowest BCUT2D eigenvalue weighted by atomic mass is 9.57. The number of hydrogen-bond donors (Lipinski definition) is 0. The van der Waals surface area contributed by atoms with Gasteiger partial charge in [-0.3, -0.25) is 0 Å². The van der Waals surface area contributed by atoms with Crippen LogP contribution in [-0.4, -0.2) is 6.18 Å². The molecule has 0 heterocycles. The first-order valence-electron chi connectivity index (χ1n) is 5.89. The molecular weight excluding hydrogens is 201 g/mol. The van der Waals surface area contributed by atoms with E-state index in [1.165, 1.54) is 0 Å². The Bertz CT molecular complexity index is 201. The summed E-state index contributed by atoms with van der Waals surface area (Å²) in [6.45, 7) is 6.27. The van der Waals surface area contributed by atoms with Gasteiger partial charge in [0.05, 0.1) is 5.92 Å². The summed E-state index contributed by atoms with van der Waals surface area (Å²) >= 11 is 0. The van der Waals surface area contributed by atoms with Gasteiger partial charge in [0.1, 0.15) is 0 Å². The lowest BCUT2D eigenvalue weighted by molar-refractivity contribution is -0.224. The van der Waals surface area contributed by atoms with E-state index in [9.17, 15) is 13.2 Å². The van der Waals surface area contributed by atoms with Gasteiger partial charge in [-0.25, -0.2) is 0 Å². The number of hydrogen-bond acceptors (Lipinski definition) is 0. The molecule has 0 aromatic heterocycles. The van der Waals surface area contributed by atoms with Gasteiger partial charge in [0.15, 0.2) is 0 Å². The Morgan fingerprint density at radius 3 is 2.13 bits per heavy atom. The minimum Gasteiger partial charge on any atom is -0.171 e. The van der Waals surface area contributed by atoms with Crippen molar-refractivity contribution in [3.63, 3.8) is 0 Å². The molecule has 1 saturated carbocycles. The van der Waals surface area contributed by atoms with Crippen molar-refractivity contribution in [2.45, 2.75) is 59.1 Å². The summed E-state index contributed by atoms with van der Waals surface area (Å²) in [5, 5.41) is 0. The molecule has 0 radical (unpaired) electrons. The van der Waals surface area contributed by atoms with Crippen molar-refractivity contribution in [2.24, 2.45) is 17.3 Å². The molecule has 0 nitrogen and oxygen atoms in total. The first-order chi connectivity index (χ1) is 6.83. The van der Waals surface area contributed by atoms with Crippen LogP contribution < -0.4 is 0 Å². The molecule has 15 heavy (non-hydrogen) atoms. The van der Waals surface area contributed by atoms with Crippen molar-refractivity contribution in [3.05, 3.63) is 0 Å². The van der Waals surface area contributed by atoms with E-state index < -0.39 is 12.1 Å². The fraction of sp³-hybridized carbons (Fsp3) is 1.00. The Hall–Kier alpha value is -0.210. The highest BCUT2D eigenvalue weighted by Gasteiger charge is 2.54. The quantitative estimate of drug-likeness (QED) is 0.641. The Labute approximate surface area is 90.2 Å². The highest BCUT2D eigenvalue weighted by atomic mass is 19.4. The largest absolute Gasteiger partial charge is 0.391 e. The Morgan fingerprint density at radius 2 is 1.80 bits per heavy atom. The molecule has 90 valence electrons. The highest BCUT2D eigenvalue weighted by Crippen LogP contribution is 2.57. The molecule has 0 saturated heterocycles. The first kappa shape index (κ1) is 12.9. The van der Waals surface area contributed by atoms with Crippen LogP contribution in [0, 0.1) is 17.3 Å². The van der Waals surface area contributed by atoms with Gasteiger partial charge in [-0.2, -0.15) is 13.2 Å². The van der Waals surface area contributed by atoms with Gasteiger partial charge in [0.25, 0.3) is 0 Å². The van der Waals surface area contributed by atoms with Gasteiger partial charge in [0.2, 0.25) is 0 Å². The third kappa shape index (κ3) is 2.88. The van der Waals surface area contributed by atoms with E-state index in [-0.39, 0.29) is 5.41 Å². The zero-order chi connectivity index (χ0) is 11.7. The summed E-state index contributed by atoms with van der Waals surface area (Å²) in [6.07, 6.45) is -0.322. The molecule has 0 aliphatic heterocycles. The van der Waals surface area contributed by atoms with E-state index in [0.29, 0.717) is 18.8 Å². The zero-order valence-electron chi connectivity index (χ0n) is 9.82. The lowest BCUT2D eigenvalue weighted by Gasteiger charge is -2.49. The van der Waals surface area contributed by atoms with Crippen molar-refractivity contribution in [1.29, 1.82) is 0 Å². The SMILES string of the molecule is CCC(C)CC1(CC)CC(C(F)(F)F)C1. The van der Waals surface area contributed by atoms with Crippen LogP contribution >= 0.6 is 0 Å². The summed E-state index contributed by atoms with van der Waals surface area (Å²) < 4.78 is 37.2. The van der Waals surface area contributed by atoms with Crippen LogP contribution in [-0.2, 0) is 0 Å². The Balaban J connectivity index is 2.48. The third-order valence-electron chi connectivity index (χ3n) is 4.05. The topological polar surface area (TPSA) is 0 Å². The molecular formula is C12H21F3. The zero-order valence-corrected chi connectivity index (χ0v) is 9.82. The second kappa shape index (κ2) is 4.34. The van der Waals surface area contributed by atoms with Gasteiger partial charge in [0, 0.05) is 0 Å². The van der Waals surface area contributed by atoms with Gasteiger partial charge in [-0.15, -0.1) is 0 Å². The molecule has 1 atom stereocenters. The molecule has 1 unspecified atom stereocenters. The second-order valence-electron chi connectivity index (χ2n) is 5.22. The maximum Gasteiger partial charge on any atom is 0.391 e. The van der Waals surface area contributed by atoms with Crippen LogP contribution in [0.2, 0.25) is 0 Å². The summed E-state index contributed by atoms with van der Waals surface area (Å²) in [6, 6.07) is 0. The molecule has 1 aliphatic rings. The van der Waals surface area contributed by atoms with E-state index in [2.05, 4.69) is 13.8 Å². The van der Waals surface area contributed by atoms with Crippen molar-refractivity contribution in [1.82, 2.24) is 0 Å². The highest BCUT2D eigenvalue weighted by molar-refractivity contribution is 4.96. The van der Waals surface area contributed by atoms with Crippen LogP contribution in [0.1, 0.15) is 52.9 Å². The molecule has 1 aliphatic carbocycles. The van der Waals surface area contributed by atoms with Crippen molar-refractivity contribution < 1.29 is 13.2 Å². The summed E-state index contributed by atoms with van der Waals surface area (Å²) in [5.41, 5.74) is -0.00435. The standard InChI is InChI=1S/C12H21F3/c1-4-9(3)6-11(5-2)7-10(8-11)12(13,14)15/h9-10H,4-8H2,1-3H3. The first-order valence-corrected chi connectivity index (χ1v) is 5.89. The smallest absolute Gasteiger partial charge is 0.171 e. The summed E-state index contributed by atoms with van der Waals surface area (Å²) in [4.78, 5) is 0. The predicted molar refractivity (Wildman–Crippen MR) is 55.6 cm³/mol. The van der Waals surface area contributed by atoms with Gasteiger partial charge < -0.3 is 0 Å². The third-order valence-corrected chi connectivity index (χ3v) is 4.05. The van der Waals surface area contributed by atoms with Crippen LogP contribution in [0.5, 0.6) is 0 Å². The molecule has 1 fully saturated rings. The monoisotopic (exact) mass is 222 g/mol. The molecule has 0 bridgehead atoms. The van der Waals surface area contributed by atoms with Crippen LogP contribution in [0.15, 0.2) is 0 Å². The number of alkyl halides is 3. The predicted octanol–water partition coefficient (Wildman–Crippen LogP) is 4.79. The van der Waals surface area contributed by atoms with E-state index in [4.69, 9.17) is 0 Å². The number of rotatable bonds is 4. The minimum absolute atomic E-state index is 0.00435. The molecule has 0 aromatic rings. The minimum atomic E-state index is -3.96. The van der Waals surface area contributed by atoms with Gasteiger partial charge in [-0.1, -0.05) is 33.6 Å². The van der Waals surface area contributed by atoms with Crippen LogP contribution in [0.25, 0.3) is 0 Å². The maximum atomic E-state index is 12.4.